The zero-order valence-electron chi connectivity index (χ0n) is 20.8. The van der Waals surface area contributed by atoms with Gasteiger partial charge < -0.3 is 10.0 Å². The van der Waals surface area contributed by atoms with Crippen molar-refractivity contribution in [3.8, 4) is 0 Å². The standard InChI is InChI=1S/C30H31IN2O2Si/c1-36(18-4-13-31)27-19-21(32-14-5-15-32)9-11-25(27)29(23-7-2-3-8-24(23)30(34)35)26-12-10-22(20-28(26)36)33-16-6-17-33/h2-3,7-12,19-20H,4-6,13-18H2,1H3/p+1. The molecule has 1 N–H and O–H groups in total. The van der Waals surface area contributed by atoms with Gasteiger partial charge in [0.05, 0.1) is 12.0 Å². The quantitative estimate of drug-likeness (QED) is 0.207. The number of nitrogens with zero attached hydrogens (tertiary/aromatic N) is 2. The van der Waals surface area contributed by atoms with Gasteiger partial charge in [-0.2, -0.15) is 0 Å². The van der Waals surface area contributed by atoms with Gasteiger partial charge in [-0.1, -0.05) is 53.4 Å². The second-order valence-corrected chi connectivity index (χ2v) is 15.8. The molecular formula is C30H32IN2O2Si+. The fourth-order valence-corrected chi connectivity index (χ4v) is 11.5. The number of carboxylic acids is 1. The summed E-state index contributed by atoms with van der Waals surface area (Å²) in [7, 11) is -2.08. The number of hydrogen-bond acceptors (Lipinski definition) is 2. The molecule has 0 aromatic heterocycles. The highest BCUT2D eigenvalue weighted by atomic mass is 127. The van der Waals surface area contributed by atoms with Crippen LogP contribution in [0.4, 0.5) is 5.69 Å². The first-order chi connectivity index (χ1) is 17.5. The summed E-state index contributed by atoms with van der Waals surface area (Å²) in [5, 5.41) is 13.0. The lowest BCUT2D eigenvalue weighted by atomic mass is 9.87. The van der Waals surface area contributed by atoms with Gasteiger partial charge in [0.25, 0.3) is 0 Å². The average molecular weight is 608 g/mol. The fourth-order valence-electron chi connectivity index (χ4n) is 6.11. The topological polar surface area (TPSA) is 43.6 Å². The molecule has 3 heterocycles. The van der Waals surface area contributed by atoms with Crippen molar-refractivity contribution in [1.29, 1.82) is 0 Å². The SMILES string of the molecule is C[Si@]1(CCCI)C2=CC(=[N+]3CCC3)C=CC2=C(c2ccccc2C(=O)O)c2ccc(N3CCC3)cc21. The molecule has 2 fully saturated rings. The van der Waals surface area contributed by atoms with Gasteiger partial charge in [0.2, 0.25) is 0 Å². The third-order valence-corrected chi connectivity index (χ3v) is 13.7. The third kappa shape index (κ3) is 3.84. The minimum absolute atomic E-state index is 0.376. The zero-order chi connectivity index (χ0) is 24.9. The Kier molecular flexibility index (Phi) is 6.28. The molecule has 0 unspecified atom stereocenters. The van der Waals surface area contributed by atoms with Crippen molar-refractivity contribution in [3.05, 3.63) is 88.2 Å². The summed E-state index contributed by atoms with van der Waals surface area (Å²) >= 11 is 2.51. The van der Waals surface area contributed by atoms with Gasteiger partial charge in [-0.25, -0.2) is 9.37 Å². The number of aromatic carboxylic acids is 1. The largest absolute Gasteiger partial charge is 0.478 e. The molecule has 2 aromatic rings. The number of alkyl halides is 1. The lowest BCUT2D eigenvalue weighted by Crippen LogP contribution is -2.53. The molecule has 4 nitrogen and oxygen atoms in total. The smallest absolute Gasteiger partial charge is 0.336 e. The Balaban J connectivity index is 1.65. The van der Waals surface area contributed by atoms with Crippen molar-refractivity contribution in [3.63, 3.8) is 0 Å². The van der Waals surface area contributed by atoms with Crippen LogP contribution < -0.4 is 10.1 Å². The Labute approximate surface area is 227 Å². The Morgan fingerprint density at radius 2 is 1.89 bits per heavy atom. The van der Waals surface area contributed by atoms with Crippen molar-refractivity contribution in [2.45, 2.75) is 31.9 Å². The van der Waals surface area contributed by atoms with E-state index >= 15 is 0 Å². The summed E-state index contributed by atoms with van der Waals surface area (Å²) in [6.07, 6.45) is 10.7. The maximum atomic E-state index is 12.3. The van der Waals surface area contributed by atoms with E-state index in [0.29, 0.717) is 5.56 Å². The van der Waals surface area contributed by atoms with Gasteiger partial charge in [0.1, 0.15) is 21.2 Å². The van der Waals surface area contributed by atoms with Crippen LogP contribution in [0.25, 0.3) is 5.57 Å². The predicted molar refractivity (Wildman–Crippen MR) is 159 cm³/mol. The molecule has 3 aliphatic heterocycles. The predicted octanol–water partition coefficient (Wildman–Crippen LogP) is 5.41. The Bertz CT molecular complexity index is 1380. The van der Waals surface area contributed by atoms with Gasteiger partial charge >= 0.3 is 5.97 Å². The zero-order valence-corrected chi connectivity index (χ0v) is 23.9. The highest BCUT2D eigenvalue weighted by molar-refractivity contribution is 14.1. The monoisotopic (exact) mass is 607 g/mol. The summed E-state index contributed by atoms with van der Waals surface area (Å²) in [5.74, 6) is -0.869. The van der Waals surface area contributed by atoms with Crippen LogP contribution >= 0.6 is 22.6 Å². The van der Waals surface area contributed by atoms with Gasteiger partial charge in [-0.3, -0.25) is 0 Å². The van der Waals surface area contributed by atoms with Crippen LogP contribution in [0.5, 0.6) is 0 Å². The normalized spacial score (nSPS) is 22.5. The number of benzene rings is 2. The van der Waals surface area contributed by atoms with E-state index in [1.165, 1.54) is 58.2 Å². The summed E-state index contributed by atoms with van der Waals surface area (Å²) in [6.45, 7) is 7.05. The van der Waals surface area contributed by atoms with Crippen LogP contribution in [-0.4, -0.2) is 60.0 Å². The first-order valence-corrected chi connectivity index (χ1v) is 17.3. The molecule has 6 heteroatoms. The molecule has 2 saturated heterocycles. The number of carbonyl (C=O) groups is 1. The van der Waals surface area contributed by atoms with E-state index in [2.05, 4.69) is 75.0 Å². The minimum Gasteiger partial charge on any atom is -0.478 e. The summed E-state index contributed by atoms with van der Waals surface area (Å²) in [6, 6.07) is 15.8. The maximum Gasteiger partial charge on any atom is 0.336 e. The number of carboxylic acid groups (broad SMARTS) is 1. The second-order valence-electron chi connectivity index (χ2n) is 10.5. The van der Waals surface area contributed by atoms with Gasteiger partial charge in [-0.15, -0.1) is 0 Å². The third-order valence-electron chi connectivity index (χ3n) is 8.41. The van der Waals surface area contributed by atoms with Crippen LogP contribution in [-0.2, 0) is 0 Å². The molecule has 4 aliphatic rings. The molecule has 6 rings (SSSR count). The Hall–Kier alpha value is -2.45. The van der Waals surface area contributed by atoms with E-state index in [1.54, 1.807) is 6.07 Å². The first-order valence-electron chi connectivity index (χ1n) is 13.1. The lowest BCUT2D eigenvalue weighted by Gasteiger charge is -2.42. The van der Waals surface area contributed by atoms with Crippen molar-refractivity contribution in [2.75, 3.05) is 35.5 Å². The molecule has 184 valence electrons. The molecular weight excluding hydrogens is 575 g/mol. The van der Waals surface area contributed by atoms with Crippen LogP contribution in [0.3, 0.4) is 0 Å². The molecule has 0 saturated carbocycles. The van der Waals surface area contributed by atoms with Gasteiger partial charge in [0.15, 0.2) is 5.71 Å². The number of allylic oxidation sites excluding steroid dienone is 5. The van der Waals surface area contributed by atoms with E-state index in [9.17, 15) is 9.90 Å². The highest BCUT2D eigenvalue weighted by Gasteiger charge is 2.44. The van der Waals surface area contributed by atoms with Crippen molar-refractivity contribution < 1.29 is 14.5 Å². The fraction of sp³-hybridized carbons (Fsp3) is 0.333. The number of anilines is 1. The van der Waals surface area contributed by atoms with Gasteiger partial charge in [0, 0.05) is 30.9 Å². The van der Waals surface area contributed by atoms with E-state index in [1.807, 2.05) is 18.2 Å². The minimum atomic E-state index is -2.08. The van der Waals surface area contributed by atoms with Crippen LogP contribution in [0.15, 0.2) is 71.5 Å². The molecule has 0 bridgehead atoms. The summed E-state index contributed by atoms with van der Waals surface area (Å²) in [4.78, 5) is 14.8. The Morgan fingerprint density at radius 3 is 2.56 bits per heavy atom. The van der Waals surface area contributed by atoms with Crippen molar-refractivity contribution in [1.82, 2.24) is 0 Å². The Morgan fingerprint density at radius 1 is 1.08 bits per heavy atom. The molecule has 36 heavy (non-hydrogen) atoms. The van der Waals surface area contributed by atoms with E-state index in [0.717, 1.165) is 41.7 Å². The van der Waals surface area contributed by atoms with Crippen molar-refractivity contribution >= 4 is 58.8 Å². The summed E-state index contributed by atoms with van der Waals surface area (Å²) < 4.78 is 3.63. The number of rotatable bonds is 6. The highest BCUT2D eigenvalue weighted by Crippen LogP contribution is 2.44. The van der Waals surface area contributed by atoms with Crippen LogP contribution in [0, 0.1) is 0 Å². The second kappa shape index (κ2) is 9.45. The maximum absolute atomic E-state index is 12.3. The molecule has 1 aliphatic carbocycles. The summed E-state index contributed by atoms with van der Waals surface area (Å²) in [5.41, 5.74) is 7.40. The van der Waals surface area contributed by atoms with E-state index in [-0.39, 0.29) is 0 Å². The molecule has 1 atom stereocenters. The van der Waals surface area contributed by atoms with Crippen molar-refractivity contribution in [2.24, 2.45) is 0 Å². The van der Waals surface area contributed by atoms with Crippen LogP contribution in [0.1, 0.15) is 40.7 Å². The van der Waals surface area contributed by atoms with Crippen LogP contribution in [0.2, 0.25) is 12.6 Å². The molecule has 0 amide bonds. The van der Waals surface area contributed by atoms with E-state index < -0.39 is 14.0 Å². The van der Waals surface area contributed by atoms with Gasteiger partial charge in [-0.05, 0) is 80.2 Å². The average Bonchev–Trinajstić information content (AvgIpc) is 2.82. The van der Waals surface area contributed by atoms with E-state index in [4.69, 9.17) is 0 Å². The number of hydrogen-bond donors (Lipinski definition) is 1. The molecule has 0 radical (unpaired) electrons. The molecule has 0 spiro atoms. The first kappa shape index (κ1) is 23.9. The molecule has 2 aromatic carbocycles. The number of fused-ring (bicyclic) bond motifs is 2. The number of halogens is 1. The lowest BCUT2D eigenvalue weighted by molar-refractivity contribution is -0.582.